The van der Waals surface area contributed by atoms with Gasteiger partial charge in [-0.1, -0.05) is 0 Å². The largest absolute Gasteiger partial charge is 0.481 e. The second kappa shape index (κ2) is 6.50. The van der Waals surface area contributed by atoms with E-state index in [0.29, 0.717) is 0 Å². The van der Waals surface area contributed by atoms with Crippen LogP contribution < -0.4 is 0 Å². The average molecular weight is 292 g/mol. The lowest BCUT2D eigenvalue weighted by Gasteiger charge is -2.31. The van der Waals surface area contributed by atoms with Gasteiger partial charge in [-0.05, 0) is 0 Å². The molecule has 0 bridgehead atoms. The maximum Gasteiger partial charge on any atom is 0.311 e. The second-order valence-electron chi connectivity index (χ2n) is 4.09. The van der Waals surface area contributed by atoms with Gasteiger partial charge in [0.1, 0.15) is 5.41 Å². The Hall–Kier alpha value is -2.65. The van der Waals surface area contributed by atoms with Gasteiger partial charge in [0, 0.05) is 0 Å². The van der Waals surface area contributed by atoms with Crippen molar-refractivity contribution in [3.8, 4) is 0 Å². The van der Waals surface area contributed by atoms with Crippen molar-refractivity contribution in [2.75, 3.05) is 0 Å². The lowest BCUT2D eigenvalue weighted by Crippen LogP contribution is -2.46. The Morgan fingerprint density at radius 2 is 1.15 bits per heavy atom. The first-order valence-electron chi connectivity index (χ1n) is 5.14. The van der Waals surface area contributed by atoms with Crippen LogP contribution in [0, 0.1) is 11.3 Å². The highest BCUT2D eigenvalue weighted by Gasteiger charge is 2.53. The molecule has 5 N–H and O–H groups in total. The molecule has 0 amide bonds. The predicted octanol–water partition coefficient (Wildman–Crippen LogP) is -0.818. The van der Waals surface area contributed by atoms with Gasteiger partial charge in [0.05, 0.1) is 25.2 Å². The zero-order valence-electron chi connectivity index (χ0n) is 9.98. The van der Waals surface area contributed by atoms with Crippen LogP contribution in [0.5, 0.6) is 0 Å². The van der Waals surface area contributed by atoms with E-state index >= 15 is 0 Å². The van der Waals surface area contributed by atoms with E-state index in [1.165, 1.54) is 0 Å². The number of carboxylic acid groups (broad SMARTS) is 5. The van der Waals surface area contributed by atoms with Crippen LogP contribution in [0.1, 0.15) is 19.3 Å². The normalized spacial score (nSPS) is 12.4. The summed E-state index contributed by atoms with van der Waals surface area (Å²) in [4.78, 5) is 54.3. The van der Waals surface area contributed by atoms with Crippen LogP contribution >= 0.6 is 0 Å². The molecular formula is C10H12O10. The van der Waals surface area contributed by atoms with Crippen LogP contribution in [0.3, 0.4) is 0 Å². The third-order valence-corrected chi connectivity index (χ3v) is 2.70. The lowest BCUT2D eigenvalue weighted by atomic mass is 9.69. The van der Waals surface area contributed by atoms with Crippen molar-refractivity contribution in [3.05, 3.63) is 0 Å². The Morgan fingerprint density at radius 3 is 1.35 bits per heavy atom. The van der Waals surface area contributed by atoms with Gasteiger partial charge in [-0.15, -0.1) is 0 Å². The first-order valence-corrected chi connectivity index (χ1v) is 5.14. The molecule has 112 valence electrons. The Kier molecular flexibility index (Phi) is 5.64. The van der Waals surface area contributed by atoms with Crippen LogP contribution in [0.15, 0.2) is 0 Å². The zero-order valence-corrected chi connectivity index (χ0v) is 9.98. The molecule has 0 aromatic rings. The smallest absolute Gasteiger partial charge is 0.311 e. The van der Waals surface area contributed by atoms with Crippen molar-refractivity contribution in [3.63, 3.8) is 0 Å². The summed E-state index contributed by atoms with van der Waals surface area (Å²) in [6, 6.07) is 0. The molecule has 0 spiro atoms. The van der Waals surface area contributed by atoms with Gasteiger partial charge in [-0.2, -0.15) is 0 Å². The number of carboxylic acids is 5. The first-order chi connectivity index (χ1) is 9.02. The first kappa shape index (κ1) is 17.4. The summed E-state index contributed by atoms with van der Waals surface area (Å²) in [6.07, 6.45) is -3.85. The van der Waals surface area contributed by atoms with Gasteiger partial charge in [-0.25, -0.2) is 0 Å². The molecule has 0 saturated carbocycles. The summed E-state index contributed by atoms with van der Waals surface area (Å²) < 4.78 is 0. The molecule has 0 fully saturated rings. The molecule has 20 heavy (non-hydrogen) atoms. The summed E-state index contributed by atoms with van der Waals surface area (Å²) in [5, 5.41) is 43.9. The highest BCUT2D eigenvalue weighted by Crippen LogP contribution is 2.38. The van der Waals surface area contributed by atoms with Gasteiger partial charge >= 0.3 is 29.8 Å². The maximum atomic E-state index is 11.2. The summed E-state index contributed by atoms with van der Waals surface area (Å²) in [5.41, 5.74) is -2.75. The summed E-state index contributed by atoms with van der Waals surface area (Å²) in [5.74, 6) is -11.2. The van der Waals surface area contributed by atoms with Crippen molar-refractivity contribution < 1.29 is 49.5 Å². The minimum atomic E-state index is -2.75. The fourth-order valence-corrected chi connectivity index (χ4v) is 1.84. The molecule has 10 heteroatoms. The molecule has 1 unspecified atom stereocenters. The highest BCUT2D eigenvalue weighted by atomic mass is 16.4. The topological polar surface area (TPSA) is 186 Å². The molecule has 0 aliphatic heterocycles. The number of rotatable bonds is 9. The summed E-state index contributed by atoms with van der Waals surface area (Å²) in [6.45, 7) is 0. The van der Waals surface area contributed by atoms with Gasteiger partial charge in [0.15, 0.2) is 0 Å². The molecule has 0 heterocycles. The predicted molar refractivity (Wildman–Crippen MR) is 58.0 cm³/mol. The van der Waals surface area contributed by atoms with Crippen molar-refractivity contribution in [1.29, 1.82) is 0 Å². The molecule has 10 nitrogen and oxygen atoms in total. The summed E-state index contributed by atoms with van der Waals surface area (Å²) >= 11 is 0. The maximum absolute atomic E-state index is 11.2. The number of carbonyl (C=O) groups is 5. The van der Waals surface area contributed by atoms with E-state index in [0.717, 1.165) is 0 Å². The SMILES string of the molecule is O=C(O)CC(C(=O)O)C(CC(=O)O)(CC(=O)O)C(=O)O. The lowest BCUT2D eigenvalue weighted by molar-refractivity contribution is -0.173. The third-order valence-electron chi connectivity index (χ3n) is 2.70. The highest BCUT2D eigenvalue weighted by molar-refractivity contribution is 5.92. The second-order valence-corrected chi connectivity index (χ2v) is 4.09. The molecule has 0 aromatic heterocycles. The van der Waals surface area contributed by atoms with Gasteiger partial charge < -0.3 is 25.5 Å². The standard InChI is InChI=1S/C10H12O10/c11-5(12)1-4(8(17)18)10(9(19)20,2-6(13)14)3-7(15)16/h4H,1-3H2,(H,11,12)(H,13,14)(H,15,16)(H,17,18)(H,19,20). The molecule has 0 aliphatic carbocycles. The monoisotopic (exact) mass is 292 g/mol. The van der Waals surface area contributed by atoms with Crippen molar-refractivity contribution in [1.82, 2.24) is 0 Å². The van der Waals surface area contributed by atoms with Crippen LogP contribution in [-0.4, -0.2) is 55.4 Å². The Morgan fingerprint density at radius 1 is 0.750 bits per heavy atom. The molecule has 0 radical (unpaired) electrons. The van der Waals surface area contributed by atoms with E-state index in [-0.39, 0.29) is 0 Å². The van der Waals surface area contributed by atoms with Gasteiger partial charge in [0.2, 0.25) is 0 Å². The Labute approximate surface area is 111 Å². The van der Waals surface area contributed by atoms with E-state index in [1.54, 1.807) is 0 Å². The molecule has 0 saturated heterocycles. The van der Waals surface area contributed by atoms with E-state index in [9.17, 15) is 24.0 Å². The minimum Gasteiger partial charge on any atom is -0.481 e. The fourth-order valence-electron chi connectivity index (χ4n) is 1.84. The average Bonchev–Trinajstić information content (AvgIpc) is 2.22. The van der Waals surface area contributed by atoms with E-state index < -0.39 is 60.4 Å². The molecule has 1 atom stereocenters. The Bertz CT molecular complexity index is 435. The van der Waals surface area contributed by atoms with Gasteiger partial charge in [0.25, 0.3) is 0 Å². The van der Waals surface area contributed by atoms with Crippen molar-refractivity contribution >= 4 is 29.8 Å². The van der Waals surface area contributed by atoms with Crippen LogP contribution in [0.25, 0.3) is 0 Å². The van der Waals surface area contributed by atoms with E-state index in [4.69, 9.17) is 25.5 Å². The molecule has 0 aromatic carbocycles. The van der Waals surface area contributed by atoms with Gasteiger partial charge in [-0.3, -0.25) is 24.0 Å². The molecular weight excluding hydrogens is 280 g/mol. The minimum absolute atomic E-state index is 1.21. The fraction of sp³-hybridized carbons (Fsp3) is 0.500. The number of hydrogen-bond donors (Lipinski definition) is 5. The number of aliphatic carboxylic acids is 5. The third kappa shape index (κ3) is 4.23. The Balaban J connectivity index is 5.91. The van der Waals surface area contributed by atoms with Crippen LogP contribution in [-0.2, 0) is 24.0 Å². The number of hydrogen-bond acceptors (Lipinski definition) is 5. The van der Waals surface area contributed by atoms with Crippen LogP contribution in [0.2, 0.25) is 0 Å². The zero-order chi connectivity index (χ0) is 16.1. The van der Waals surface area contributed by atoms with Crippen molar-refractivity contribution in [2.24, 2.45) is 11.3 Å². The molecule has 0 aliphatic rings. The van der Waals surface area contributed by atoms with Crippen molar-refractivity contribution in [2.45, 2.75) is 19.3 Å². The molecule has 0 rings (SSSR count). The van der Waals surface area contributed by atoms with Crippen LogP contribution in [0.4, 0.5) is 0 Å². The summed E-state index contributed by atoms with van der Waals surface area (Å²) in [7, 11) is 0. The van der Waals surface area contributed by atoms with E-state index in [2.05, 4.69) is 0 Å². The van der Waals surface area contributed by atoms with E-state index in [1.807, 2.05) is 0 Å². The quantitative estimate of drug-likeness (QED) is 0.359.